The maximum atomic E-state index is 12.4. The van der Waals surface area contributed by atoms with Gasteiger partial charge in [0.1, 0.15) is 5.69 Å². The molecule has 0 unspecified atom stereocenters. The fraction of sp³-hybridized carbons (Fsp3) is 0.143. The number of hydrogen-bond donors (Lipinski definition) is 0. The molecule has 0 aliphatic heterocycles. The summed E-state index contributed by atoms with van der Waals surface area (Å²) < 4.78 is 38.6. The van der Waals surface area contributed by atoms with E-state index in [1.165, 1.54) is 35.2 Å². The molecule has 0 amide bonds. The maximum absolute atomic E-state index is 12.4. The summed E-state index contributed by atoms with van der Waals surface area (Å²) in [5, 5.41) is 3.87. The van der Waals surface area contributed by atoms with E-state index in [2.05, 4.69) is 5.10 Å². The molecule has 0 aliphatic rings. The largest absolute Gasteiger partial charge is 0.416 e. The summed E-state index contributed by atoms with van der Waals surface area (Å²) in [7, 11) is 1.64. The van der Waals surface area contributed by atoms with Crippen LogP contribution in [0, 0.1) is 0 Å². The number of nitrogens with zero attached hydrogens (tertiary/aromatic N) is 2. The van der Waals surface area contributed by atoms with E-state index in [4.69, 9.17) is 0 Å². The van der Waals surface area contributed by atoms with Crippen molar-refractivity contribution in [3.05, 3.63) is 59.4 Å². The van der Waals surface area contributed by atoms with Crippen LogP contribution in [0.3, 0.4) is 0 Å². The van der Waals surface area contributed by atoms with Gasteiger partial charge in [0.15, 0.2) is 0 Å². The zero-order valence-corrected chi connectivity index (χ0v) is 10.6. The molecule has 0 bridgehead atoms. The molecule has 20 heavy (non-hydrogen) atoms. The lowest BCUT2D eigenvalue weighted by Gasteiger charge is -2.05. The van der Waals surface area contributed by atoms with Crippen LogP contribution in [0.4, 0.5) is 13.2 Å². The number of hydrogen-bond acceptors (Lipinski definition) is 2. The van der Waals surface area contributed by atoms with E-state index >= 15 is 0 Å². The molecule has 0 N–H and O–H groups in total. The van der Waals surface area contributed by atoms with Crippen LogP contribution < -0.4 is 0 Å². The second kappa shape index (κ2) is 5.32. The van der Waals surface area contributed by atoms with Crippen LogP contribution in [0.15, 0.2) is 42.6 Å². The van der Waals surface area contributed by atoms with Gasteiger partial charge in [0, 0.05) is 13.2 Å². The third-order valence-corrected chi connectivity index (χ3v) is 2.74. The highest BCUT2D eigenvalue weighted by molar-refractivity contribution is 6.05. The average molecular weight is 280 g/mol. The predicted molar refractivity (Wildman–Crippen MR) is 68.0 cm³/mol. The predicted octanol–water partition coefficient (Wildman–Crippen LogP) is 3.34. The van der Waals surface area contributed by atoms with Crippen molar-refractivity contribution < 1.29 is 18.0 Å². The van der Waals surface area contributed by atoms with Crippen LogP contribution in [0.2, 0.25) is 0 Å². The highest BCUT2D eigenvalue weighted by atomic mass is 19.4. The van der Waals surface area contributed by atoms with Gasteiger partial charge in [-0.25, -0.2) is 0 Å². The van der Waals surface area contributed by atoms with Crippen LogP contribution in [-0.2, 0) is 13.2 Å². The van der Waals surface area contributed by atoms with E-state index in [0.29, 0.717) is 11.3 Å². The van der Waals surface area contributed by atoms with Gasteiger partial charge in [0.05, 0.1) is 5.56 Å². The number of aryl methyl sites for hydroxylation is 1. The molecule has 0 saturated carbocycles. The van der Waals surface area contributed by atoms with E-state index in [9.17, 15) is 18.0 Å². The molecular formula is C14H11F3N2O. The minimum absolute atomic E-state index is 0.259. The second-order valence-corrected chi connectivity index (χ2v) is 4.16. The quantitative estimate of drug-likeness (QED) is 0.638. The number of halogens is 3. The summed E-state index contributed by atoms with van der Waals surface area (Å²) in [6, 6.07) is 6.16. The van der Waals surface area contributed by atoms with Crippen LogP contribution in [-0.4, -0.2) is 15.6 Å². The average Bonchev–Trinajstić information content (AvgIpc) is 2.82. The summed E-state index contributed by atoms with van der Waals surface area (Å²) in [5.74, 6) is -0.259. The van der Waals surface area contributed by atoms with Gasteiger partial charge in [-0.05, 0) is 29.8 Å². The Kier molecular flexibility index (Phi) is 3.74. The summed E-state index contributed by atoms with van der Waals surface area (Å²) >= 11 is 0. The molecule has 0 saturated heterocycles. The van der Waals surface area contributed by atoms with Gasteiger partial charge in [-0.3, -0.25) is 9.48 Å². The summed E-state index contributed by atoms with van der Waals surface area (Å²) in [6.45, 7) is 0. The second-order valence-electron chi connectivity index (χ2n) is 4.16. The molecule has 0 aliphatic carbocycles. The first-order valence-electron chi connectivity index (χ1n) is 5.75. The highest BCUT2D eigenvalue weighted by Crippen LogP contribution is 2.29. The Hall–Kier alpha value is -2.37. The smallest absolute Gasteiger partial charge is 0.288 e. The van der Waals surface area contributed by atoms with Crippen LogP contribution in [0.1, 0.15) is 21.6 Å². The van der Waals surface area contributed by atoms with E-state index in [0.717, 1.165) is 12.1 Å². The van der Waals surface area contributed by atoms with Gasteiger partial charge in [-0.1, -0.05) is 18.2 Å². The van der Waals surface area contributed by atoms with Gasteiger partial charge in [0.25, 0.3) is 0 Å². The van der Waals surface area contributed by atoms with E-state index in [-0.39, 0.29) is 5.78 Å². The molecule has 0 atom stereocenters. The summed E-state index contributed by atoms with van der Waals surface area (Å²) in [4.78, 5) is 11.8. The van der Waals surface area contributed by atoms with Gasteiger partial charge in [0.2, 0.25) is 5.78 Å². The number of ketones is 1. The van der Waals surface area contributed by atoms with Crippen LogP contribution in [0.25, 0.3) is 6.08 Å². The minimum atomic E-state index is -4.35. The van der Waals surface area contributed by atoms with Gasteiger partial charge in [-0.15, -0.1) is 0 Å². The van der Waals surface area contributed by atoms with E-state index in [1.807, 2.05) is 0 Å². The molecule has 104 valence electrons. The fourth-order valence-electron chi connectivity index (χ4n) is 1.66. The first-order chi connectivity index (χ1) is 9.38. The molecule has 1 aromatic heterocycles. The first-order valence-corrected chi connectivity index (χ1v) is 5.75. The Bertz CT molecular complexity index is 639. The number of alkyl halides is 3. The molecule has 2 aromatic rings. The molecule has 0 radical (unpaired) electrons. The van der Waals surface area contributed by atoms with E-state index in [1.54, 1.807) is 13.1 Å². The van der Waals surface area contributed by atoms with Crippen molar-refractivity contribution in [3.63, 3.8) is 0 Å². The first kappa shape index (κ1) is 14.0. The maximum Gasteiger partial charge on any atom is 0.416 e. The molecule has 1 heterocycles. The fourth-order valence-corrected chi connectivity index (χ4v) is 1.66. The third-order valence-electron chi connectivity index (χ3n) is 2.74. The van der Waals surface area contributed by atoms with Crippen molar-refractivity contribution in [1.82, 2.24) is 9.78 Å². The molecule has 0 fully saturated rings. The normalized spacial score (nSPS) is 12.0. The van der Waals surface area contributed by atoms with E-state index < -0.39 is 11.7 Å². The van der Waals surface area contributed by atoms with Crippen molar-refractivity contribution in [2.75, 3.05) is 0 Å². The Balaban J connectivity index is 2.12. The zero-order valence-electron chi connectivity index (χ0n) is 10.6. The van der Waals surface area contributed by atoms with Crippen molar-refractivity contribution in [1.29, 1.82) is 0 Å². The number of carbonyl (C=O) groups is 1. The number of allylic oxidation sites excluding steroid dienone is 1. The van der Waals surface area contributed by atoms with Gasteiger partial charge >= 0.3 is 6.18 Å². The standard InChI is InChI=1S/C14H11F3N2O/c1-19-12(8-9-18-19)13(20)7-4-10-2-5-11(6-3-10)14(15,16)17/h2-9H,1H3/b7-4+. The highest BCUT2D eigenvalue weighted by Gasteiger charge is 2.29. The lowest BCUT2D eigenvalue weighted by Crippen LogP contribution is -2.04. The Morgan fingerprint density at radius 1 is 1.20 bits per heavy atom. The van der Waals surface area contributed by atoms with Crippen molar-refractivity contribution in [2.45, 2.75) is 6.18 Å². The Morgan fingerprint density at radius 3 is 2.35 bits per heavy atom. The molecule has 0 spiro atoms. The summed E-state index contributed by atoms with van der Waals surface area (Å²) in [5.41, 5.74) is 0.217. The molecule has 2 rings (SSSR count). The molecule has 3 nitrogen and oxygen atoms in total. The summed E-state index contributed by atoms with van der Waals surface area (Å²) in [6.07, 6.45) is -0.0823. The van der Waals surface area contributed by atoms with Crippen molar-refractivity contribution in [2.24, 2.45) is 7.05 Å². The zero-order chi connectivity index (χ0) is 14.8. The lowest BCUT2D eigenvalue weighted by molar-refractivity contribution is -0.137. The number of rotatable bonds is 3. The number of benzene rings is 1. The number of carbonyl (C=O) groups excluding carboxylic acids is 1. The van der Waals surface area contributed by atoms with Gasteiger partial charge < -0.3 is 0 Å². The molecule has 1 aromatic carbocycles. The van der Waals surface area contributed by atoms with Crippen LogP contribution >= 0.6 is 0 Å². The minimum Gasteiger partial charge on any atom is -0.288 e. The Morgan fingerprint density at radius 2 is 1.85 bits per heavy atom. The molecular weight excluding hydrogens is 269 g/mol. The third kappa shape index (κ3) is 3.14. The SMILES string of the molecule is Cn1nccc1C(=O)/C=C/c1ccc(C(F)(F)F)cc1. The topological polar surface area (TPSA) is 34.9 Å². The molecule has 6 heteroatoms. The van der Waals surface area contributed by atoms with Gasteiger partial charge in [-0.2, -0.15) is 18.3 Å². The number of aromatic nitrogens is 2. The van der Waals surface area contributed by atoms with Crippen LogP contribution in [0.5, 0.6) is 0 Å². The Labute approximate surface area is 113 Å². The van der Waals surface area contributed by atoms with Crippen molar-refractivity contribution in [3.8, 4) is 0 Å². The lowest BCUT2D eigenvalue weighted by atomic mass is 10.1. The monoisotopic (exact) mass is 280 g/mol. The van der Waals surface area contributed by atoms with Crippen molar-refractivity contribution >= 4 is 11.9 Å².